The van der Waals surface area contributed by atoms with Gasteiger partial charge in [-0.05, 0) is 24.1 Å². The molecule has 0 spiro atoms. The van der Waals surface area contributed by atoms with Gasteiger partial charge in [0.1, 0.15) is 5.75 Å². The molecule has 1 aliphatic rings. The number of hydrogen-bond acceptors (Lipinski definition) is 5. The van der Waals surface area contributed by atoms with Crippen molar-refractivity contribution in [2.24, 2.45) is 5.92 Å². The van der Waals surface area contributed by atoms with E-state index in [2.05, 4.69) is 10.6 Å². The molecule has 0 unspecified atom stereocenters. The van der Waals surface area contributed by atoms with Gasteiger partial charge in [-0.1, -0.05) is 12.1 Å². The van der Waals surface area contributed by atoms with E-state index in [1.54, 1.807) is 19.1 Å². The fourth-order valence-electron chi connectivity index (χ4n) is 3.31. The van der Waals surface area contributed by atoms with Gasteiger partial charge >= 0.3 is 0 Å². The molecule has 2 atom stereocenters. The molecule has 1 aromatic carbocycles. The van der Waals surface area contributed by atoms with E-state index in [4.69, 9.17) is 9.47 Å². The third-order valence-electron chi connectivity index (χ3n) is 4.72. The molecule has 1 saturated heterocycles. The number of benzene rings is 1. The lowest BCUT2D eigenvalue weighted by molar-refractivity contribution is -0.144. The van der Waals surface area contributed by atoms with Gasteiger partial charge in [0.05, 0.1) is 32.2 Å². The van der Waals surface area contributed by atoms with E-state index < -0.39 is 12.0 Å². The number of nitrogens with zero attached hydrogens (tertiary/aromatic N) is 1. The maximum Gasteiger partial charge on any atom is 0.239 e. The van der Waals surface area contributed by atoms with Crippen LogP contribution >= 0.6 is 0 Å². The molecule has 0 saturated carbocycles. The molecule has 2 rings (SSSR count). The summed E-state index contributed by atoms with van der Waals surface area (Å²) in [5.41, 5.74) is 0.818. The highest BCUT2D eigenvalue weighted by Crippen LogP contribution is 2.37. The van der Waals surface area contributed by atoms with Gasteiger partial charge in [-0.3, -0.25) is 14.4 Å². The Morgan fingerprint density at radius 3 is 2.74 bits per heavy atom. The third-order valence-corrected chi connectivity index (χ3v) is 4.72. The van der Waals surface area contributed by atoms with E-state index in [0.29, 0.717) is 25.3 Å². The SMILES string of the molecule is CNC(=O)CNC(=O)[C@@H]1CCC(=O)N(CCOC)[C@H]1c1cccc(OC)c1. The maximum absolute atomic E-state index is 12.8. The summed E-state index contributed by atoms with van der Waals surface area (Å²) >= 11 is 0. The number of amides is 3. The highest BCUT2D eigenvalue weighted by atomic mass is 16.5. The topological polar surface area (TPSA) is 97.0 Å². The van der Waals surface area contributed by atoms with Crippen molar-refractivity contribution >= 4 is 17.7 Å². The Bertz CT molecular complexity index is 679. The Labute approximate surface area is 159 Å². The van der Waals surface area contributed by atoms with Crippen LogP contribution in [0, 0.1) is 5.92 Å². The Morgan fingerprint density at radius 2 is 2.07 bits per heavy atom. The summed E-state index contributed by atoms with van der Waals surface area (Å²) in [5, 5.41) is 5.15. The minimum absolute atomic E-state index is 0.0183. The molecule has 0 radical (unpaired) electrons. The first kappa shape index (κ1) is 20.7. The molecule has 1 aromatic rings. The first-order chi connectivity index (χ1) is 13.0. The first-order valence-electron chi connectivity index (χ1n) is 8.92. The Kier molecular flexibility index (Phi) is 7.60. The Hall–Kier alpha value is -2.61. The van der Waals surface area contributed by atoms with E-state index in [9.17, 15) is 14.4 Å². The smallest absolute Gasteiger partial charge is 0.239 e. The van der Waals surface area contributed by atoms with Crippen molar-refractivity contribution in [1.29, 1.82) is 0 Å². The normalized spacial score (nSPS) is 19.5. The number of piperidine rings is 1. The number of rotatable bonds is 8. The Morgan fingerprint density at radius 1 is 1.30 bits per heavy atom. The van der Waals surface area contributed by atoms with E-state index in [1.165, 1.54) is 7.05 Å². The number of methoxy groups -OCH3 is 2. The zero-order valence-electron chi connectivity index (χ0n) is 16.0. The number of nitrogens with one attached hydrogen (secondary N) is 2. The van der Waals surface area contributed by atoms with Crippen LogP contribution in [0.25, 0.3) is 0 Å². The highest BCUT2D eigenvalue weighted by molar-refractivity contribution is 5.88. The van der Waals surface area contributed by atoms with Crippen LogP contribution in [0.1, 0.15) is 24.4 Å². The first-order valence-corrected chi connectivity index (χ1v) is 8.92. The number of hydrogen-bond donors (Lipinski definition) is 2. The van der Waals surface area contributed by atoms with Crippen LogP contribution in [0.4, 0.5) is 0 Å². The molecule has 0 aromatic heterocycles. The fraction of sp³-hybridized carbons (Fsp3) is 0.526. The minimum atomic E-state index is -0.462. The van der Waals surface area contributed by atoms with Gasteiger partial charge < -0.3 is 25.0 Å². The molecule has 1 fully saturated rings. The van der Waals surface area contributed by atoms with Crippen LogP contribution in [-0.2, 0) is 19.1 Å². The number of carbonyl (C=O) groups is 3. The van der Waals surface area contributed by atoms with E-state index in [1.807, 2.05) is 24.3 Å². The van der Waals surface area contributed by atoms with Crippen LogP contribution in [0.5, 0.6) is 5.75 Å². The molecular formula is C19H27N3O5. The molecule has 1 aliphatic heterocycles. The Balaban J connectivity index is 2.32. The van der Waals surface area contributed by atoms with Gasteiger partial charge in [-0.2, -0.15) is 0 Å². The monoisotopic (exact) mass is 377 g/mol. The summed E-state index contributed by atoms with van der Waals surface area (Å²) in [6.07, 6.45) is 0.700. The average Bonchev–Trinajstić information content (AvgIpc) is 2.70. The largest absolute Gasteiger partial charge is 0.497 e. The van der Waals surface area contributed by atoms with Crippen LogP contribution in [-0.4, -0.2) is 63.6 Å². The number of likely N-dealkylation sites (N-methyl/N-ethyl adjacent to an activating group) is 1. The minimum Gasteiger partial charge on any atom is -0.497 e. The highest BCUT2D eigenvalue weighted by Gasteiger charge is 2.40. The summed E-state index contributed by atoms with van der Waals surface area (Å²) in [5.74, 6) is -0.348. The van der Waals surface area contributed by atoms with E-state index in [-0.39, 0.29) is 30.7 Å². The van der Waals surface area contributed by atoms with Crippen LogP contribution in [0.15, 0.2) is 24.3 Å². The van der Waals surface area contributed by atoms with E-state index >= 15 is 0 Å². The van der Waals surface area contributed by atoms with Crippen molar-refractivity contribution in [3.8, 4) is 5.75 Å². The lowest BCUT2D eigenvalue weighted by Gasteiger charge is -2.40. The second-order valence-electron chi connectivity index (χ2n) is 6.34. The predicted molar refractivity (Wildman–Crippen MR) is 99.1 cm³/mol. The molecule has 148 valence electrons. The lowest BCUT2D eigenvalue weighted by atomic mass is 9.83. The quantitative estimate of drug-likeness (QED) is 0.687. The molecule has 3 amide bonds. The molecule has 27 heavy (non-hydrogen) atoms. The van der Waals surface area contributed by atoms with Crippen LogP contribution in [0.2, 0.25) is 0 Å². The van der Waals surface area contributed by atoms with Gasteiger partial charge in [0, 0.05) is 27.1 Å². The summed E-state index contributed by atoms with van der Waals surface area (Å²) in [4.78, 5) is 38.5. The van der Waals surface area contributed by atoms with Gasteiger partial charge in [0.25, 0.3) is 0 Å². The molecular weight excluding hydrogens is 350 g/mol. The average molecular weight is 377 g/mol. The molecule has 2 N–H and O–H groups in total. The maximum atomic E-state index is 12.8. The summed E-state index contributed by atoms with van der Waals surface area (Å²) in [7, 11) is 4.66. The van der Waals surface area contributed by atoms with Crippen molar-refractivity contribution in [2.75, 3.05) is 41.0 Å². The van der Waals surface area contributed by atoms with Crippen molar-refractivity contribution in [2.45, 2.75) is 18.9 Å². The van der Waals surface area contributed by atoms with Crippen LogP contribution < -0.4 is 15.4 Å². The number of likely N-dealkylation sites (tertiary alicyclic amines) is 1. The number of carbonyl (C=O) groups excluding carboxylic acids is 3. The molecule has 8 nitrogen and oxygen atoms in total. The van der Waals surface area contributed by atoms with Crippen LogP contribution in [0.3, 0.4) is 0 Å². The molecule has 8 heteroatoms. The van der Waals surface area contributed by atoms with Gasteiger partial charge in [0.15, 0.2) is 0 Å². The summed E-state index contributed by atoms with van der Waals surface area (Å²) in [6, 6.07) is 6.92. The summed E-state index contributed by atoms with van der Waals surface area (Å²) < 4.78 is 10.4. The molecule has 0 bridgehead atoms. The third kappa shape index (κ3) is 5.19. The zero-order valence-corrected chi connectivity index (χ0v) is 16.0. The summed E-state index contributed by atoms with van der Waals surface area (Å²) in [6.45, 7) is 0.665. The van der Waals surface area contributed by atoms with Crippen molar-refractivity contribution in [1.82, 2.24) is 15.5 Å². The molecule has 0 aliphatic carbocycles. The lowest BCUT2D eigenvalue weighted by Crippen LogP contribution is -2.50. The van der Waals surface area contributed by atoms with Gasteiger partial charge in [0.2, 0.25) is 17.7 Å². The fourth-order valence-corrected chi connectivity index (χ4v) is 3.31. The predicted octanol–water partition coefficient (Wildman–Crippen LogP) is 0.484. The molecule has 1 heterocycles. The standard InChI is InChI=1S/C19H27N3O5/c1-20-16(23)12-21-19(25)15-7-8-17(24)22(9-10-26-2)18(15)13-5-4-6-14(11-13)27-3/h4-6,11,15,18H,7-10,12H2,1-3H3,(H,20,23)(H,21,25)/t15-,18+/m1/s1. The van der Waals surface area contributed by atoms with Gasteiger partial charge in [-0.15, -0.1) is 0 Å². The second-order valence-corrected chi connectivity index (χ2v) is 6.34. The van der Waals surface area contributed by atoms with Crippen molar-refractivity contribution in [3.63, 3.8) is 0 Å². The zero-order chi connectivity index (χ0) is 19.8. The second kappa shape index (κ2) is 9.91. The van der Waals surface area contributed by atoms with Crippen molar-refractivity contribution in [3.05, 3.63) is 29.8 Å². The van der Waals surface area contributed by atoms with Crippen molar-refractivity contribution < 1.29 is 23.9 Å². The number of ether oxygens (including phenoxy) is 2. The van der Waals surface area contributed by atoms with E-state index in [0.717, 1.165) is 5.56 Å². The van der Waals surface area contributed by atoms with Gasteiger partial charge in [-0.25, -0.2) is 0 Å².